The molecule has 1 aliphatic heterocycles. The average molecular weight is 500 g/mol. The Morgan fingerprint density at radius 3 is 2.57 bits per heavy atom. The van der Waals surface area contributed by atoms with Crippen LogP contribution in [0.4, 0.5) is 13.2 Å². The number of fused-ring (bicyclic) bond motifs is 2. The number of carbonyl (C=O) groups is 1. The van der Waals surface area contributed by atoms with Crippen molar-refractivity contribution in [2.24, 2.45) is 0 Å². The Morgan fingerprint density at radius 1 is 1.13 bits per heavy atom. The summed E-state index contributed by atoms with van der Waals surface area (Å²) in [6, 6.07) is 13.6. The summed E-state index contributed by atoms with van der Waals surface area (Å²) in [5.41, 5.74) is -0.806. The highest BCUT2D eigenvalue weighted by molar-refractivity contribution is 9.10. The summed E-state index contributed by atoms with van der Waals surface area (Å²) in [6.45, 7) is 0. The van der Waals surface area contributed by atoms with Gasteiger partial charge in [-0.25, -0.2) is 4.79 Å². The van der Waals surface area contributed by atoms with Gasteiger partial charge in [0.1, 0.15) is 17.2 Å². The number of rotatable bonds is 3. The fourth-order valence-electron chi connectivity index (χ4n) is 3.10. The first kappa shape index (κ1) is 20.6. The predicted octanol–water partition coefficient (Wildman–Crippen LogP) is 6.84. The van der Waals surface area contributed by atoms with Crippen LogP contribution in [0.1, 0.15) is 5.56 Å². The quantitative estimate of drug-likeness (QED) is 0.429. The van der Waals surface area contributed by atoms with E-state index in [1.54, 1.807) is 6.07 Å². The van der Waals surface area contributed by atoms with E-state index < -0.39 is 23.8 Å². The van der Waals surface area contributed by atoms with Crippen LogP contribution in [0.25, 0.3) is 16.8 Å². The van der Waals surface area contributed by atoms with Gasteiger partial charge >= 0.3 is 12.1 Å². The number of halogens is 5. The molecule has 0 aromatic heterocycles. The molecule has 30 heavy (non-hydrogen) atoms. The van der Waals surface area contributed by atoms with Gasteiger partial charge in [-0.2, -0.15) is 13.2 Å². The maximum atomic E-state index is 13.3. The van der Waals surface area contributed by atoms with Crippen molar-refractivity contribution in [3.63, 3.8) is 0 Å². The molecule has 0 saturated heterocycles. The van der Waals surface area contributed by atoms with E-state index in [1.807, 2.05) is 30.3 Å². The van der Waals surface area contributed by atoms with Crippen molar-refractivity contribution in [3.05, 3.63) is 69.2 Å². The van der Waals surface area contributed by atoms with Gasteiger partial charge in [-0.05, 0) is 44.9 Å². The molecule has 0 radical (unpaired) electrons. The second kappa shape index (κ2) is 7.52. The minimum absolute atomic E-state index is 0.0690. The molecule has 3 aromatic rings. The van der Waals surface area contributed by atoms with E-state index in [-0.39, 0.29) is 22.1 Å². The van der Waals surface area contributed by atoms with Gasteiger partial charge in [-0.1, -0.05) is 41.9 Å². The summed E-state index contributed by atoms with van der Waals surface area (Å²) in [5.74, 6) is -1.43. The Kier molecular flexibility index (Phi) is 5.15. The van der Waals surface area contributed by atoms with E-state index in [4.69, 9.17) is 26.2 Å². The minimum atomic E-state index is -4.90. The monoisotopic (exact) mass is 498 g/mol. The molecule has 154 valence electrons. The van der Waals surface area contributed by atoms with Crippen LogP contribution in [0, 0.1) is 0 Å². The Hall–Kier alpha value is -2.71. The van der Waals surface area contributed by atoms with Gasteiger partial charge in [0.05, 0.1) is 15.1 Å². The lowest BCUT2D eigenvalue weighted by molar-refractivity contribution is -0.187. The van der Waals surface area contributed by atoms with Crippen molar-refractivity contribution >= 4 is 50.3 Å². The molecule has 0 spiro atoms. The number of alkyl halides is 3. The van der Waals surface area contributed by atoms with Crippen molar-refractivity contribution in [2.75, 3.05) is 0 Å². The van der Waals surface area contributed by atoms with Gasteiger partial charge in [-0.3, -0.25) is 0 Å². The van der Waals surface area contributed by atoms with Crippen molar-refractivity contribution in [3.8, 4) is 17.2 Å². The maximum absolute atomic E-state index is 13.3. The van der Waals surface area contributed by atoms with Crippen LogP contribution in [-0.2, 0) is 4.79 Å². The molecule has 0 aliphatic carbocycles. The van der Waals surface area contributed by atoms with Gasteiger partial charge in [0.15, 0.2) is 0 Å². The molecule has 1 aliphatic rings. The van der Waals surface area contributed by atoms with Crippen LogP contribution in [0.5, 0.6) is 17.2 Å². The van der Waals surface area contributed by atoms with E-state index in [0.717, 1.165) is 16.8 Å². The number of aliphatic carboxylic acids is 1. The smallest absolute Gasteiger partial charge is 0.430 e. The molecule has 3 aromatic carbocycles. The first-order valence-corrected chi connectivity index (χ1v) is 9.69. The molecule has 1 unspecified atom stereocenters. The molecule has 9 heteroatoms. The molecule has 1 N–H and O–H groups in total. The van der Waals surface area contributed by atoms with Crippen LogP contribution >= 0.6 is 27.5 Å². The van der Waals surface area contributed by atoms with Gasteiger partial charge in [0, 0.05) is 11.6 Å². The van der Waals surface area contributed by atoms with E-state index >= 15 is 0 Å². The van der Waals surface area contributed by atoms with Crippen LogP contribution in [-0.4, -0.2) is 23.4 Å². The van der Waals surface area contributed by atoms with E-state index in [1.165, 1.54) is 12.1 Å². The second-order valence-corrected chi connectivity index (χ2v) is 7.67. The Labute approximate surface area is 181 Å². The summed E-state index contributed by atoms with van der Waals surface area (Å²) in [6.07, 6.45) is -6.59. The van der Waals surface area contributed by atoms with Gasteiger partial charge in [0.2, 0.25) is 6.10 Å². The molecule has 1 atom stereocenters. The highest BCUT2D eigenvalue weighted by Crippen LogP contribution is 2.44. The van der Waals surface area contributed by atoms with Crippen molar-refractivity contribution in [1.29, 1.82) is 0 Å². The Bertz CT molecular complexity index is 1210. The SMILES string of the molecule is O=C(O)C1=Cc2cc(Cl)c(Oc3ccc4ccccc4c3Br)cc2OC1C(F)(F)F. The summed E-state index contributed by atoms with van der Waals surface area (Å²) < 4.78 is 51.3. The van der Waals surface area contributed by atoms with Crippen LogP contribution in [0.15, 0.2) is 58.6 Å². The van der Waals surface area contributed by atoms with Gasteiger partial charge in [-0.15, -0.1) is 0 Å². The van der Waals surface area contributed by atoms with E-state index in [9.17, 15) is 18.0 Å². The third-order valence-corrected chi connectivity index (χ3v) is 5.61. The molecule has 0 fully saturated rings. The molecule has 4 nitrogen and oxygen atoms in total. The number of benzene rings is 3. The lowest BCUT2D eigenvalue weighted by Crippen LogP contribution is -2.40. The predicted molar refractivity (Wildman–Crippen MR) is 109 cm³/mol. The first-order valence-electron chi connectivity index (χ1n) is 8.52. The van der Waals surface area contributed by atoms with Crippen molar-refractivity contribution in [1.82, 2.24) is 0 Å². The first-order chi connectivity index (χ1) is 14.1. The third kappa shape index (κ3) is 3.73. The van der Waals surface area contributed by atoms with E-state index in [0.29, 0.717) is 10.2 Å². The van der Waals surface area contributed by atoms with Crippen LogP contribution < -0.4 is 9.47 Å². The molecular formula is C21H11BrClF3O4. The number of hydrogen-bond acceptors (Lipinski definition) is 3. The zero-order valence-electron chi connectivity index (χ0n) is 14.8. The number of carboxylic acids is 1. The summed E-state index contributed by atoms with van der Waals surface area (Å²) >= 11 is 9.72. The average Bonchev–Trinajstić information content (AvgIpc) is 2.69. The highest BCUT2D eigenvalue weighted by Gasteiger charge is 2.48. The lowest BCUT2D eigenvalue weighted by atomic mass is 10.0. The molecular weight excluding hydrogens is 489 g/mol. The van der Waals surface area contributed by atoms with E-state index in [2.05, 4.69) is 15.9 Å². The van der Waals surface area contributed by atoms with Crippen LogP contribution in [0.2, 0.25) is 5.02 Å². The summed E-state index contributed by atoms with van der Waals surface area (Å²) in [5, 5.41) is 11.1. The highest BCUT2D eigenvalue weighted by atomic mass is 79.9. The zero-order chi connectivity index (χ0) is 21.6. The fourth-order valence-corrected chi connectivity index (χ4v) is 3.89. The van der Waals surface area contributed by atoms with Crippen molar-refractivity contribution in [2.45, 2.75) is 12.3 Å². The summed E-state index contributed by atoms with van der Waals surface area (Å²) in [4.78, 5) is 11.2. The normalized spacial score (nSPS) is 15.9. The lowest BCUT2D eigenvalue weighted by Gasteiger charge is -2.27. The number of hydrogen-bond donors (Lipinski definition) is 1. The number of ether oxygens (including phenoxy) is 2. The van der Waals surface area contributed by atoms with Gasteiger partial charge < -0.3 is 14.6 Å². The number of carboxylic acid groups (broad SMARTS) is 1. The molecule has 0 amide bonds. The topological polar surface area (TPSA) is 55.8 Å². The van der Waals surface area contributed by atoms with Crippen molar-refractivity contribution < 1.29 is 32.5 Å². The summed E-state index contributed by atoms with van der Waals surface area (Å²) in [7, 11) is 0. The van der Waals surface area contributed by atoms with Crippen LogP contribution in [0.3, 0.4) is 0 Å². The second-order valence-electron chi connectivity index (χ2n) is 6.47. The fraction of sp³-hybridized carbons (Fsp3) is 0.0952. The Balaban J connectivity index is 1.75. The minimum Gasteiger partial charge on any atom is -0.478 e. The molecule has 1 heterocycles. The standard InChI is InChI=1S/C21H11BrClF3O4/c22-18-12-4-2-1-3-10(12)5-6-15(18)29-17-9-16-11(8-14(17)23)7-13(20(27)28)19(30-16)21(24,25)26/h1-9,19H,(H,27,28). The largest absolute Gasteiger partial charge is 0.478 e. The molecule has 0 saturated carbocycles. The zero-order valence-corrected chi connectivity index (χ0v) is 17.2. The molecule has 4 rings (SSSR count). The third-order valence-electron chi connectivity index (χ3n) is 4.49. The Morgan fingerprint density at radius 2 is 1.87 bits per heavy atom. The van der Waals surface area contributed by atoms with Gasteiger partial charge in [0.25, 0.3) is 0 Å². The molecule has 0 bridgehead atoms. The maximum Gasteiger partial charge on any atom is 0.430 e.